The Labute approximate surface area is 119 Å². The summed E-state index contributed by atoms with van der Waals surface area (Å²) in [7, 11) is 3.13. The number of carboxylic acids is 1. The maximum absolute atomic E-state index is 12.1. The highest BCUT2D eigenvalue weighted by Gasteiger charge is 2.37. The van der Waals surface area contributed by atoms with E-state index in [1.54, 1.807) is 21.1 Å². The summed E-state index contributed by atoms with van der Waals surface area (Å²) >= 11 is 0. The number of hydrogen-bond acceptors (Lipinski definition) is 4. The normalized spacial score (nSPS) is 25.3. The summed E-state index contributed by atoms with van der Waals surface area (Å²) in [6.07, 6.45) is 0.314. The van der Waals surface area contributed by atoms with Crippen molar-refractivity contribution in [2.24, 2.45) is 5.92 Å². The van der Waals surface area contributed by atoms with Crippen LogP contribution in [0.25, 0.3) is 0 Å². The molecule has 1 heterocycles. The van der Waals surface area contributed by atoms with Crippen LogP contribution >= 0.6 is 0 Å². The first-order valence-electron chi connectivity index (χ1n) is 6.78. The second-order valence-corrected chi connectivity index (χ2v) is 5.10. The van der Waals surface area contributed by atoms with Crippen molar-refractivity contribution in [2.75, 3.05) is 27.3 Å². The highest BCUT2D eigenvalue weighted by molar-refractivity contribution is 5.83. The van der Waals surface area contributed by atoms with Crippen LogP contribution in [0.15, 0.2) is 0 Å². The van der Waals surface area contributed by atoms with Gasteiger partial charge in [0.1, 0.15) is 18.2 Å². The van der Waals surface area contributed by atoms with Gasteiger partial charge in [-0.15, -0.1) is 0 Å². The second-order valence-electron chi connectivity index (χ2n) is 5.10. The molecule has 1 fully saturated rings. The zero-order valence-corrected chi connectivity index (χ0v) is 12.5. The lowest BCUT2D eigenvalue weighted by atomic mass is 9.99. The molecule has 0 saturated carbocycles. The second kappa shape index (κ2) is 7.44. The molecule has 1 aliphatic rings. The largest absolute Gasteiger partial charge is 0.480 e. The molecule has 0 aromatic heterocycles. The predicted octanol–water partition coefficient (Wildman–Crippen LogP) is 0.541. The van der Waals surface area contributed by atoms with Gasteiger partial charge < -0.3 is 24.8 Å². The molecule has 0 radical (unpaired) electrons. The molecule has 0 aromatic carbocycles. The van der Waals surface area contributed by atoms with E-state index in [0.717, 1.165) is 0 Å². The fraction of sp³-hybridized carbons (Fsp3) is 0.846. The van der Waals surface area contributed by atoms with E-state index in [0.29, 0.717) is 19.5 Å². The number of likely N-dealkylation sites (tertiary alicyclic amines) is 1. The van der Waals surface area contributed by atoms with Crippen molar-refractivity contribution in [1.82, 2.24) is 10.2 Å². The van der Waals surface area contributed by atoms with Gasteiger partial charge in [-0.25, -0.2) is 9.59 Å². The SMILES string of the molecule is CCC(C)[C@H](NC(=O)N1CC(OC)C(OC)C1)C(=O)O. The van der Waals surface area contributed by atoms with Crippen LogP contribution in [-0.2, 0) is 14.3 Å². The summed E-state index contributed by atoms with van der Waals surface area (Å²) in [6, 6.07) is -1.27. The van der Waals surface area contributed by atoms with Gasteiger partial charge in [0.05, 0.1) is 13.1 Å². The lowest BCUT2D eigenvalue weighted by Gasteiger charge is -2.24. The average Bonchev–Trinajstić information content (AvgIpc) is 2.86. The number of amides is 2. The van der Waals surface area contributed by atoms with Gasteiger partial charge in [0.25, 0.3) is 0 Å². The van der Waals surface area contributed by atoms with Gasteiger partial charge >= 0.3 is 12.0 Å². The number of methoxy groups -OCH3 is 2. The van der Waals surface area contributed by atoms with E-state index in [1.165, 1.54) is 4.90 Å². The maximum Gasteiger partial charge on any atom is 0.326 e. The van der Waals surface area contributed by atoms with Crippen LogP contribution in [0.1, 0.15) is 20.3 Å². The lowest BCUT2D eigenvalue weighted by Crippen LogP contribution is -2.50. The molecule has 3 unspecified atom stereocenters. The van der Waals surface area contributed by atoms with Gasteiger partial charge in [-0.3, -0.25) is 0 Å². The number of nitrogens with one attached hydrogen (secondary N) is 1. The first-order chi connectivity index (χ1) is 9.44. The molecule has 0 bridgehead atoms. The number of carboxylic acid groups (broad SMARTS) is 1. The molecule has 1 saturated heterocycles. The fourth-order valence-electron chi connectivity index (χ4n) is 2.27. The molecule has 116 valence electrons. The molecule has 1 aliphatic heterocycles. The van der Waals surface area contributed by atoms with Crippen LogP contribution in [0.2, 0.25) is 0 Å². The van der Waals surface area contributed by atoms with Gasteiger partial charge in [-0.2, -0.15) is 0 Å². The summed E-state index contributed by atoms with van der Waals surface area (Å²) < 4.78 is 10.5. The summed E-state index contributed by atoms with van der Waals surface area (Å²) in [5.41, 5.74) is 0. The Balaban J connectivity index is 2.64. The van der Waals surface area contributed by atoms with Crippen LogP contribution in [0.5, 0.6) is 0 Å². The van der Waals surface area contributed by atoms with E-state index in [1.807, 2.05) is 6.92 Å². The molecular weight excluding hydrogens is 264 g/mol. The van der Waals surface area contributed by atoms with Crippen molar-refractivity contribution in [3.05, 3.63) is 0 Å². The Hall–Kier alpha value is -1.34. The number of carbonyl (C=O) groups excluding carboxylic acids is 1. The van der Waals surface area contributed by atoms with Crippen molar-refractivity contribution in [3.63, 3.8) is 0 Å². The summed E-state index contributed by atoms with van der Waals surface area (Å²) in [5.74, 6) is -1.14. The molecule has 1 rings (SSSR count). The van der Waals surface area contributed by atoms with Gasteiger partial charge in [-0.1, -0.05) is 20.3 Å². The Morgan fingerprint density at radius 1 is 1.30 bits per heavy atom. The first-order valence-corrected chi connectivity index (χ1v) is 6.78. The Morgan fingerprint density at radius 3 is 2.15 bits per heavy atom. The molecule has 0 spiro atoms. The lowest BCUT2D eigenvalue weighted by molar-refractivity contribution is -0.140. The Kier molecular flexibility index (Phi) is 6.22. The van der Waals surface area contributed by atoms with E-state index in [-0.39, 0.29) is 24.2 Å². The molecule has 4 atom stereocenters. The average molecular weight is 288 g/mol. The molecule has 0 aromatic rings. The van der Waals surface area contributed by atoms with Gasteiger partial charge in [0, 0.05) is 14.2 Å². The standard InChI is InChI=1S/C13H24N2O5/c1-5-8(2)11(12(16)17)14-13(18)15-6-9(19-3)10(7-15)20-4/h8-11H,5-7H2,1-4H3,(H,14,18)(H,16,17)/t8?,9?,10?,11-/m0/s1. The minimum atomic E-state index is -1.02. The fourth-order valence-corrected chi connectivity index (χ4v) is 2.27. The van der Waals surface area contributed by atoms with E-state index in [4.69, 9.17) is 9.47 Å². The van der Waals surface area contributed by atoms with Crippen molar-refractivity contribution >= 4 is 12.0 Å². The van der Waals surface area contributed by atoms with E-state index >= 15 is 0 Å². The minimum Gasteiger partial charge on any atom is -0.480 e. The smallest absolute Gasteiger partial charge is 0.326 e. The van der Waals surface area contributed by atoms with Crippen molar-refractivity contribution < 1.29 is 24.2 Å². The number of rotatable bonds is 6. The highest BCUT2D eigenvalue weighted by Crippen LogP contribution is 2.16. The van der Waals surface area contributed by atoms with E-state index < -0.39 is 12.0 Å². The highest BCUT2D eigenvalue weighted by atomic mass is 16.5. The van der Waals surface area contributed by atoms with Crippen LogP contribution in [0.4, 0.5) is 4.79 Å². The molecule has 2 amide bonds. The third-order valence-corrected chi connectivity index (χ3v) is 3.87. The molecule has 20 heavy (non-hydrogen) atoms. The third-order valence-electron chi connectivity index (χ3n) is 3.87. The van der Waals surface area contributed by atoms with Crippen molar-refractivity contribution in [3.8, 4) is 0 Å². The molecule has 2 N–H and O–H groups in total. The summed E-state index contributed by atoms with van der Waals surface area (Å²) in [4.78, 5) is 24.9. The number of aliphatic carboxylic acids is 1. The molecule has 0 aliphatic carbocycles. The van der Waals surface area contributed by atoms with Gasteiger partial charge in [-0.05, 0) is 5.92 Å². The molecule has 7 heteroatoms. The van der Waals surface area contributed by atoms with Crippen LogP contribution in [0, 0.1) is 5.92 Å². The third kappa shape index (κ3) is 3.83. The zero-order valence-electron chi connectivity index (χ0n) is 12.5. The number of ether oxygens (including phenoxy) is 2. The van der Waals surface area contributed by atoms with Gasteiger partial charge in [0.2, 0.25) is 0 Å². The number of urea groups is 1. The van der Waals surface area contributed by atoms with E-state index in [2.05, 4.69) is 5.32 Å². The Bertz CT molecular complexity index is 338. The maximum atomic E-state index is 12.1. The minimum absolute atomic E-state index is 0.129. The van der Waals surface area contributed by atoms with E-state index in [9.17, 15) is 14.7 Å². The number of nitrogens with zero attached hydrogens (tertiary/aromatic N) is 1. The Morgan fingerprint density at radius 2 is 1.80 bits per heavy atom. The predicted molar refractivity (Wildman–Crippen MR) is 72.6 cm³/mol. The van der Waals surface area contributed by atoms with Crippen LogP contribution in [-0.4, -0.2) is 67.6 Å². The molecule has 7 nitrogen and oxygen atoms in total. The number of hydrogen-bond donors (Lipinski definition) is 2. The zero-order chi connectivity index (χ0) is 15.3. The van der Waals surface area contributed by atoms with Crippen LogP contribution in [0.3, 0.4) is 0 Å². The number of carbonyl (C=O) groups is 2. The van der Waals surface area contributed by atoms with Crippen molar-refractivity contribution in [2.45, 2.75) is 38.5 Å². The van der Waals surface area contributed by atoms with Crippen LogP contribution < -0.4 is 5.32 Å². The summed E-state index contributed by atoms with van der Waals surface area (Å²) in [5, 5.41) is 11.8. The monoisotopic (exact) mass is 288 g/mol. The first kappa shape index (κ1) is 16.7. The topological polar surface area (TPSA) is 88.1 Å². The molecular formula is C13H24N2O5. The van der Waals surface area contributed by atoms with Gasteiger partial charge in [0.15, 0.2) is 0 Å². The van der Waals surface area contributed by atoms with Crippen molar-refractivity contribution in [1.29, 1.82) is 0 Å². The quantitative estimate of drug-likeness (QED) is 0.745. The summed E-state index contributed by atoms with van der Waals surface area (Å²) in [6.45, 7) is 4.49.